The second kappa shape index (κ2) is 8.02. The number of hydrogen-bond acceptors (Lipinski definition) is 3. The van der Waals surface area contributed by atoms with E-state index in [1.165, 1.54) is 0 Å². The highest BCUT2D eigenvalue weighted by Crippen LogP contribution is 2.11. The van der Waals surface area contributed by atoms with E-state index in [1.54, 1.807) is 0 Å². The zero-order valence-electron chi connectivity index (χ0n) is 10.2. The molecule has 5 heteroatoms. The molecule has 0 aliphatic rings. The summed E-state index contributed by atoms with van der Waals surface area (Å²) in [6.07, 6.45) is -0.659. The Bertz CT molecular complexity index is 187. The van der Waals surface area contributed by atoms with Crippen LogP contribution in [-0.2, 0) is 9.47 Å². The average molecular weight is 271 g/mol. The van der Waals surface area contributed by atoms with Gasteiger partial charge >= 0.3 is 6.16 Å². The smallest absolute Gasteiger partial charge is 0.434 e. The van der Waals surface area contributed by atoms with Gasteiger partial charge in [0.15, 0.2) is 0 Å². The summed E-state index contributed by atoms with van der Waals surface area (Å²) in [5.41, 5.74) is 0. The van der Waals surface area contributed by atoms with E-state index in [1.807, 2.05) is 27.7 Å². The Morgan fingerprint density at radius 2 is 1.25 bits per heavy atom. The Hall–Kier alpha value is -0.150. The fourth-order valence-corrected chi connectivity index (χ4v) is 0.851. The number of carbonyl (C=O) groups is 1. The molecule has 4 atom stereocenters. The van der Waals surface area contributed by atoms with Crippen LogP contribution < -0.4 is 0 Å². The van der Waals surface area contributed by atoms with Crippen LogP contribution in [0.1, 0.15) is 27.7 Å². The molecular weight excluding hydrogens is 251 g/mol. The molecule has 16 heavy (non-hydrogen) atoms. The molecular formula is C11H20Cl2O3. The summed E-state index contributed by atoms with van der Waals surface area (Å²) in [7, 11) is 0. The maximum atomic E-state index is 11.2. The predicted octanol–water partition coefficient (Wildman–Crippen LogP) is 3.67. The summed E-state index contributed by atoms with van der Waals surface area (Å²) in [5.74, 6) is 0.220. The van der Waals surface area contributed by atoms with Gasteiger partial charge in [0.05, 0.1) is 13.2 Å². The fourth-order valence-electron chi connectivity index (χ4n) is 0.706. The van der Waals surface area contributed by atoms with Crippen molar-refractivity contribution in [1.29, 1.82) is 0 Å². The number of alkyl halides is 2. The van der Waals surface area contributed by atoms with Crippen LogP contribution in [-0.4, -0.2) is 30.1 Å². The minimum atomic E-state index is -0.659. The second-order valence-corrected chi connectivity index (χ2v) is 5.56. The van der Waals surface area contributed by atoms with Crippen molar-refractivity contribution < 1.29 is 14.3 Å². The van der Waals surface area contributed by atoms with Crippen LogP contribution in [0.2, 0.25) is 0 Å². The lowest BCUT2D eigenvalue weighted by Gasteiger charge is -2.16. The molecule has 3 nitrogen and oxygen atoms in total. The molecule has 0 N–H and O–H groups in total. The van der Waals surface area contributed by atoms with Crippen LogP contribution in [0.3, 0.4) is 0 Å². The molecule has 0 spiro atoms. The highest BCUT2D eigenvalue weighted by Gasteiger charge is 2.15. The van der Waals surface area contributed by atoms with Crippen LogP contribution >= 0.6 is 23.2 Å². The lowest BCUT2D eigenvalue weighted by atomic mass is 10.1. The van der Waals surface area contributed by atoms with E-state index in [4.69, 9.17) is 32.7 Å². The maximum Gasteiger partial charge on any atom is 0.508 e. The monoisotopic (exact) mass is 270 g/mol. The van der Waals surface area contributed by atoms with Gasteiger partial charge in [0.25, 0.3) is 0 Å². The molecule has 0 saturated heterocycles. The van der Waals surface area contributed by atoms with Gasteiger partial charge in [-0.2, -0.15) is 0 Å². The van der Waals surface area contributed by atoms with Gasteiger partial charge in [0, 0.05) is 22.6 Å². The highest BCUT2D eigenvalue weighted by atomic mass is 35.5. The van der Waals surface area contributed by atoms with Crippen LogP contribution in [0.15, 0.2) is 0 Å². The van der Waals surface area contributed by atoms with Crippen molar-refractivity contribution in [3.8, 4) is 0 Å². The molecule has 0 radical (unpaired) electrons. The summed E-state index contributed by atoms with van der Waals surface area (Å²) in [5, 5.41) is -0.0656. The molecule has 0 amide bonds. The van der Waals surface area contributed by atoms with Gasteiger partial charge in [-0.25, -0.2) is 4.79 Å². The van der Waals surface area contributed by atoms with Crippen molar-refractivity contribution in [2.24, 2.45) is 11.8 Å². The molecule has 0 rings (SSSR count). The average Bonchev–Trinajstić information content (AvgIpc) is 2.21. The Morgan fingerprint density at radius 1 is 0.938 bits per heavy atom. The summed E-state index contributed by atoms with van der Waals surface area (Å²) < 4.78 is 9.81. The maximum absolute atomic E-state index is 11.2. The van der Waals surface area contributed by atoms with Crippen molar-refractivity contribution in [1.82, 2.24) is 0 Å². The minimum Gasteiger partial charge on any atom is -0.434 e. The van der Waals surface area contributed by atoms with Crippen molar-refractivity contribution in [3.05, 3.63) is 0 Å². The molecule has 0 aliphatic heterocycles. The fraction of sp³-hybridized carbons (Fsp3) is 0.909. The number of carbonyl (C=O) groups excluding carboxylic acids is 1. The van der Waals surface area contributed by atoms with E-state index >= 15 is 0 Å². The predicted molar refractivity (Wildman–Crippen MR) is 66.3 cm³/mol. The summed E-state index contributed by atoms with van der Waals surface area (Å²) in [6, 6.07) is 0. The lowest BCUT2D eigenvalue weighted by Crippen LogP contribution is -2.21. The first-order chi connectivity index (χ1) is 7.34. The standard InChI is InChI=1S/C11H20Cl2O3/c1-7(9(3)12)5-15-11(14)16-6-8(2)10(4)13/h7-10H,5-6H2,1-4H3. The summed E-state index contributed by atoms with van der Waals surface area (Å²) >= 11 is 11.7. The Morgan fingerprint density at radius 3 is 1.50 bits per heavy atom. The molecule has 0 bridgehead atoms. The topological polar surface area (TPSA) is 35.5 Å². The van der Waals surface area contributed by atoms with Gasteiger partial charge in [-0.3, -0.25) is 0 Å². The largest absolute Gasteiger partial charge is 0.508 e. The van der Waals surface area contributed by atoms with Crippen molar-refractivity contribution in [3.63, 3.8) is 0 Å². The third-order valence-corrected chi connectivity index (χ3v) is 3.36. The first-order valence-electron chi connectivity index (χ1n) is 5.42. The first kappa shape index (κ1) is 15.9. The van der Waals surface area contributed by atoms with E-state index in [9.17, 15) is 4.79 Å². The van der Waals surface area contributed by atoms with E-state index in [0.717, 1.165) is 0 Å². The third kappa shape index (κ3) is 7.18. The van der Waals surface area contributed by atoms with E-state index in [-0.39, 0.29) is 35.8 Å². The van der Waals surface area contributed by atoms with Gasteiger partial charge in [0.1, 0.15) is 0 Å². The third-order valence-electron chi connectivity index (χ3n) is 2.50. The van der Waals surface area contributed by atoms with Crippen molar-refractivity contribution >= 4 is 29.4 Å². The number of halogens is 2. The van der Waals surface area contributed by atoms with Crippen molar-refractivity contribution in [2.45, 2.75) is 38.4 Å². The molecule has 0 saturated carbocycles. The van der Waals surface area contributed by atoms with Crippen LogP contribution in [0.4, 0.5) is 4.79 Å². The molecule has 4 unspecified atom stereocenters. The Labute approximate surface area is 107 Å². The Balaban J connectivity index is 3.67. The quantitative estimate of drug-likeness (QED) is 0.546. The Kier molecular flexibility index (Phi) is 7.94. The zero-order chi connectivity index (χ0) is 12.7. The number of ether oxygens (including phenoxy) is 2. The SMILES string of the molecule is CC(Cl)C(C)COC(=O)OCC(C)C(C)Cl. The number of rotatable bonds is 6. The molecule has 0 aromatic rings. The molecule has 96 valence electrons. The zero-order valence-corrected chi connectivity index (χ0v) is 11.7. The second-order valence-electron chi connectivity index (χ2n) is 4.18. The first-order valence-corrected chi connectivity index (χ1v) is 6.29. The van der Waals surface area contributed by atoms with Gasteiger partial charge in [0.2, 0.25) is 0 Å². The van der Waals surface area contributed by atoms with Crippen LogP contribution in [0.5, 0.6) is 0 Å². The van der Waals surface area contributed by atoms with E-state index < -0.39 is 6.16 Å². The minimum absolute atomic E-state index is 0.0328. The van der Waals surface area contributed by atoms with Crippen molar-refractivity contribution in [2.75, 3.05) is 13.2 Å². The van der Waals surface area contributed by atoms with Crippen LogP contribution in [0, 0.1) is 11.8 Å². The van der Waals surface area contributed by atoms with E-state index in [0.29, 0.717) is 0 Å². The van der Waals surface area contributed by atoms with E-state index in [2.05, 4.69) is 0 Å². The molecule has 0 aromatic carbocycles. The summed E-state index contributed by atoms with van der Waals surface area (Å²) in [6.45, 7) is 8.09. The molecule has 0 fully saturated rings. The normalized spacial score (nSPS) is 18.4. The van der Waals surface area contributed by atoms with Gasteiger partial charge in [-0.1, -0.05) is 13.8 Å². The van der Waals surface area contributed by atoms with Gasteiger partial charge in [-0.15, -0.1) is 23.2 Å². The van der Waals surface area contributed by atoms with Crippen LogP contribution in [0.25, 0.3) is 0 Å². The lowest BCUT2D eigenvalue weighted by molar-refractivity contribution is 0.0376. The summed E-state index contributed by atoms with van der Waals surface area (Å²) in [4.78, 5) is 11.2. The highest BCUT2D eigenvalue weighted by molar-refractivity contribution is 6.20. The van der Waals surface area contributed by atoms with Gasteiger partial charge < -0.3 is 9.47 Å². The number of hydrogen-bond donors (Lipinski definition) is 0. The molecule has 0 heterocycles. The molecule has 0 aliphatic carbocycles. The molecule has 0 aromatic heterocycles. The van der Waals surface area contributed by atoms with Gasteiger partial charge in [-0.05, 0) is 13.8 Å².